The number of benzene rings is 6. The Kier molecular flexibility index (Phi) is 5.77. The molecule has 46 heavy (non-hydrogen) atoms. The second kappa shape index (κ2) is 10.3. The number of hydrogen-bond donors (Lipinski definition) is 0. The van der Waals surface area contributed by atoms with Crippen molar-refractivity contribution in [2.75, 3.05) is 0 Å². The molecule has 214 valence electrons. The third-order valence-electron chi connectivity index (χ3n) is 8.47. The summed E-state index contributed by atoms with van der Waals surface area (Å²) in [5.41, 5.74) is 8.00. The predicted octanol–water partition coefficient (Wildman–Crippen LogP) is 10.4. The van der Waals surface area contributed by atoms with Gasteiger partial charge in [-0.05, 0) is 53.6 Å². The quantitative estimate of drug-likeness (QED) is 0.192. The number of para-hydroxylation sites is 2. The first-order valence-electron chi connectivity index (χ1n) is 15.0. The van der Waals surface area contributed by atoms with Gasteiger partial charge in [-0.1, -0.05) is 97.1 Å². The van der Waals surface area contributed by atoms with E-state index in [4.69, 9.17) is 25.9 Å². The molecule has 6 aromatic carbocycles. The predicted molar refractivity (Wildman–Crippen MR) is 184 cm³/mol. The van der Waals surface area contributed by atoms with Gasteiger partial charge in [-0.2, -0.15) is 9.97 Å². The number of furan rings is 1. The van der Waals surface area contributed by atoms with Gasteiger partial charge in [-0.3, -0.25) is 4.57 Å². The van der Waals surface area contributed by atoms with Gasteiger partial charge in [0.1, 0.15) is 11.2 Å². The number of rotatable bonds is 4. The molecule has 0 saturated carbocycles. The number of aromatic nitrogens is 4. The van der Waals surface area contributed by atoms with E-state index in [-0.39, 0.29) is 0 Å². The second-order valence-corrected chi connectivity index (χ2v) is 11.2. The van der Waals surface area contributed by atoms with Crippen LogP contribution in [0.5, 0.6) is 0 Å². The monoisotopic (exact) mass is 589 g/mol. The maximum atomic E-state index is 7.39. The summed E-state index contributed by atoms with van der Waals surface area (Å²) in [6.45, 7) is 7.39. The molecule has 0 N–H and O–H groups in total. The highest BCUT2D eigenvalue weighted by Gasteiger charge is 2.18. The number of fused-ring (bicyclic) bond motifs is 6. The van der Waals surface area contributed by atoms with Gasteiger partial charge in [0.05, 0.1) is 17.6 Å². The standard InChI is InChI=1S/C40H23N5O/c1-41-29-13-9-12-26(22-29)27-19-21-36-33(23-27)32-20-18-28(24-37(32)46-36)39-42-38(25-10-3-2-4-11-25)43-40(44-39)45-34-16-7-5-14-30(34)31-15-6-8-17-35(31)45/h2-24H. The smallest absolute Gasteiger partial charge is 0.238 e. The molecule has 0 aliphatic heterocycles. The van der Waals surface area contributed by atoms with E-state index in [1.165, 1.54) is 0 Å². The average Bonchev–Trinajstić information content (AvgIpc) is 3.67. The molecule has 0 radical (unpaired) electrons. The van der Waals surface area contributed by atoms with Gasteiger partial charge in [-0.25, -0.2) is 9.83 Å². The van der Waals surface area contributed by atoms with Crippen molar-refractivity contribution in [1.29, 1.82) is 0 Å². The summed E-state index contributed by atoms with van der Waals surface area (Å²) in [5, 5.41) is 4.30. The van der Waals surface area contributed by atoms with E-state index < -0.39 is 0 Å². The fourth-order valence-electron chi connectivity index (χ4n) is 6.30. The van der Waals surface area contributed by atoms with Gasteiger partial charge in [0.2, 0.25) is 5.95 Å². The van der Waals surface area contributed by atoms with E-state index in [0.29, 0.717) is 23.3 Å². The Labute approximate surface area is 263 Å². The molecule has 9 aromatic rings. The topological polar surface area (TPSA) is 61.1 Å². The van der Waals surface area contributed by atoms with Gasteiger partial charge in [0.15, 0.2) is 17.3 Å². The maximum Gasteiger partial charge on any atom is 0.238 e. The zero-order valence-corrected chi connectivity index (χ0v) is 24.4. The van der Waals surface area contributed by atoms with Gasteiger partial charge in [0.25, 0.3) is 0 Å². The molecule has 9 rings (SSSR count). The van der Waals surface area contributed by atoms with Crippen molar-refractivity contribution in [3.63, 3.8) is 0 Å². The summed E-state index contributed by atoms with van der Waals surface area (Å²) < 4.78 is 8.48. The van der Waals surface area contributed by atoms with E-state index in [9.17, 15) is 0 Å². The third-order valence-corrected chi connectivity index (χ3v) is 8.47. The van der Waals surface area contributed by atoms with Crippen LogP contribution >= 0.6 is 0 Å². The molecule has 0 amide bonds. The Balaban J connectivity index is 1.23. The van der Waals surface area contributed by atoms with E-state index in [1.54, 1.807) is 0 Å². The normalized spacial score (nSPS) is 11.5. The minimum absolute atomic E-state index is 0.553. The van der Waals surface area contributed by atoms with Crippen molar-refractivity contribution in [2.45, 2.75) is 0 Å². The van der Waals surface area contributed by atoms with Crippen LogP contribution in [0.4, 0.5) is 5.69 Å². The van der Waals surface area contributed by atoms with Gasteiger partial charge in [-0.15, -0.1) is 0 Å². The van der Waals surface area contributed by atoms with Crippen LogP contribution in [0.1, 0.15) is 0 Å². The summed E-state index contributed by atoms with van der Waals surface area (Å²) in [6, 6.07) is 46.6. The van der Waals surface area contributed by atoms with Crippen molar-refractivity contribution in [3.05, 3.63) is 151 Å². The minimum atomic E-state index is 0.553. The van der Waals surface area contributed by atoms with Crippen LogP contribution in [0, 0.1) is 6.57 Å². The molecule has 0 aliphatic carbocycles. The van der Waals surface area contributed by atoms with Crippen LogP contribution in [-0.2, 0) is 0 Å². The summed E-state index contributed by atoms with van der Waals surface area (Å²) in [7, 11) is 0. The SMILES string of the molecule is [C-]#[N+]c1cccc(-c2ccc3oc4cc(-c5nc(-c6ccccc6)nc(-n6c7ccccc7c7ccccc76)n5)ccc4c3c2)c1. The van der Waals surface area contributed by atoms with E-state index in [1.807, 2.05) is 91.0 Å². The van der Waals surface area contributed by atoms with Crippen LogP contribution in [0.25, 0.3) is 88.4 Å². The van der Waals surface area contributed by atoms with Crippen LogP contribution in [0.15, 0.2) is 144 Å². The molecular weight excluding hydrogens is 566 g/mol. The first kappa shape index (κ1) is 25.9. The molecule has 6 nitrogen and oxygen atoms in total. The van der Waals surface area contributed by atoms with E-state index in [2.05, 4.69) is 57.9 Å². The first-order valence-corrected chi connectivity index (χ1v) is 15.0. The highest BCUT2D eigenvalue weighted by Crippen LogP contribution is 2.36. The van der Waals surface area contributed by atoms with Gasteiger partial charge >= 0.3 is 0 Å². The molecule has 0 bridgehead atoms. The van der Waals surface area contributed by atoms with E-state index in [0.717, 1.165) is 66.0 Å². The van der Waals surface area contributed by atoms with Crippen LogP contribution in [-0.4, -0.2) is 19.5 Å². The van der Waals surface area contributed by atoms with Crippen LogP contribution in [0.2, 0.25) is 0 Å². The summed E-state index contributed by atoms with van der Waals surface area (Å²) in [6.07, 6.45) is 0. The third kappa shape index (κ3) is 4.15. The molecule has 0 atom stereocenters. The minimum Gasteiger partial charge on any atom is -0.456 e. The molecule has 0 saturated heterocycles. The van der Waals surface area contributed by atoms with Crippen molar-refractivity contribution in [1.82, 2.24) is 19.5 Å². The van der Waals surface area contributed by atoms with Crippen molar-refractivity contribution >= 4 is 49.4 Å². The number of nitrogens with zero attached hydrogens (tertiary/aromatic N) is 5. The summed E-state index contributed by atoms with van der Waals surface area (Å²) >= 11 is 0. The van der Waals surface area contributed by atoms with Gasteiger partial charge in [0, 0.05) is 32.7 Å². The highest BCUT2D eigenvalue weighted by molar-refractivity contribution is 6.09. The molecule has 3 heterocycles. The number of hydrogen-bond acceptors (Lipinski definition) is 4. The van der Waals surface area contributed by atoms with E-state index >= 15 is 0 Å². The fourth-order valence-corrected chi connectivity index (χ4v) is 6.30. The Hall–Kier alpha value is -6.58. The molecule has 0 spiro atoms. The maximum absolute atomic E-state index is 7.39. The lowest BCUT2D eigenvalue weighted by molar-refractivity contribution is 0.669. The average molecular weight is 590 g/mol. The summed E-state index contributed by atoms with van der Waals surface area (Å²) in [4.78, 5) is 18.7. The zero-order valence-electron chi connectivity index (χ0n) is 24.4. The molecule has 0 unspecified atom stereocenters. The van der Waals surface area contributed by atoms with Crippen LogP contribution < -0.4 is 0 Å². The largest absolute Gasteiger partial charge is 0.456 e. The Morgan fingerprint density at radius 2 is 1.13 bits per heavy atom. The zero-order chi connectivity index (χ0) is 30.6. The van der Waals surface area contributed by atoms with Gasteiger partial charge < -0.3 is 4.42 Å². The lowest BCUT2D eigenvalue weighted by atomic mass is 10.0. The molecule has 6 heteroatoms. The lowest BCUT2D eigenvalue weighted by Gasteiger charge is -2.10. The fraction of sp³-hybridized carbons (Fsp3) is 0. The van der Waals surface area contributed by atoms with Crippen molar-refractivity contribution in [3.8, 4) is 39.9 Å². The molecule has 0 aliphatic rings. The van der Waals surface area contributed by atoms with Crippen molar-refractivity contribution < 1.29 is 4.42 Å². The summed E-state index contributed by atoms with van der Waals surface area (Å²) in [5.74, 6) is 1.71. The molecular formula is C40H23N5O. The second-order valence-electron chi connectivity index (χ2n) is 11.2. The highest BCUT2D eigenvalue weighted by atomic mass is 16.3. The first-order chi connectivity index (χ1) is 22.7. The lowest BCUT2D eigenvalue weighted by Crippen LogP contribution is -2.06. The molecule has 3 aromatic heterocycles. The van der Waals surface area contributed by atoms with Crippen LogP contribution in [0.3, 0.4) is 0 Å². The Morgan fingerprint density at radius 1 is 0.478 bits per heavy atom. The molecule has 0 fully saturated rings. The van der Waals surface area contributed by atoms with Crippen molar-refractivity contribution in [2.24, 2.45) is 0 Å². The Bertz CT molecular complexity index is 2610. The Morgan fingerprint density at radius 3 is 1.89 bits per heavy atom.